The minimum absolute atomic E-state index is 0. The SMILES string of the molecule is OC1CCCC2CCC(O)C12.[Ir].[c-]1ccccc1-c1ccc(-c2ccccc2)cn1. The van der Waals surface area contributed by atoms with Crippen molar-refractivity contribution in [1.82, 2.24) is 4.98 Å². The Balaban J connectivity index is 0.000000184. The molecule has 4 atom stereocenters. The summed E-state index contributed by atoms with van der Waals surface area (Å²) in [6.45, 7) is 0. The average molecular weight is 579 g/mol. The van der Waals surface area contributed by atoms with Crippen molar-refractivity contribution in [3.63, 3.8) is 0 Å². The van der Waals surface area contributed by atoms with Crippen molar-refractivity contribution in [1.29, 1.82) is 0 Å². The summed E-state index contributed by atoms with van der Waals surface area (Å²) in [4.78, 5) is 4.49. The molecule has 1 aromatic heterocycles. The van der Waals surface area contributed by atoms with Gasteiger partial charge in [0, 0.05) is 32.2 Å². The van der Waals surface area contributed by atoms with Crippen LogP contribution >= 0.6 is 0 Å². The van der Waals surface area contributed by atoms with Gasteiger partial charge >= 0.3 is 0 Å². The predicted octanol–water partition coefficient (Wildman–Crippen LogP) is 5.13. The Bertz CT molecular complexity index is 825. The van der Waals surface area contributed by atoms with E-state index in [1.165, 1.54) is 12.0 Å². The number of nitrogens with zero attached hydrogens (tertiary/aromatic N) is 1. The van der Waals surface area contributed by atoms with Crippen molar-refractivity contribution in [2.24, 2.45) is 11.8 Å². The van der Waals surface area contributed by atoms with E-state index in [9.17, 15) is 10.2 Å². The smallest absolute Gasteiger partial charge is 0.0595 e. The molecule has 2 saturated carbocycles. The first-order valence-corrected chi connectivity index (χ1v) is 10.6. The second kappa shape index (κ2) is 11.0. The molecule has 1 radical (unpaired) electrons. The van der Waals surface area contributed by atoms with Gasteiger partial charge in [-0.1, -0.05) is 48.9 Å². The summed E-state index contributed by atoms with van der Waals surface area (Å²) in [6.07, 6.45) is 6.79. The van der Waals surface area contributed by atoms with Gasteiger partial charge in [-0.25, -0.2) is 0 Å². The van der Waals surface area contributed by atoms with Crippen LogP contribution in [0.15, 0.2) is 72.9 Å². The molecule has 0 saturated heterocycles. The number of aliphatic hydroxyl groups is 2. The Morgan fingerprint density at radius 3 is 2.20 bits per heavy atom. The van der Waals surface area contributed by atoms with Crippen LogP contribution in [0.25, 0.3) is 22.4 Å². The quantitative estimate of drug-likeness (QED) is 0.415. The van der Waals surface area contributed by atoms with E-state index in [2.05, 4.69) is 29.2 Å². The second-order valence-electron chi connectivity index (χ2n) is 8.05. The van der Waals surface area contributed by atoms with Gasteiger partial charge in [-0.2, -0.15) is 0 Å². The average Bonchev–Trinajstić information content (AvgIpc) is 3.18. The van der Waals surface area contributed by atoms with Crippen LogP contribution in [0, 0.1) is 17.9 Å². The number of benzene rings is 2. The van der Waals surface area contributed by atoms with Crippen LogP contribution in [0.1, 0.15) is 32.1 Å². The summed E-state index contributed by atoms with van der Waals surface area (Å²) in [5.41, 5.74) is 4.30. The van der Waals surface area contributed by atoms with Crippen molar-refractivity contribution in [2.45, 2.75) is 44.3 Å². The third kappa shape index (κ3) is 5.44. The normalized spacial score (nSPS) is 24.7. The molecule has 4 heteroatoms. The Kier molecular flexibility index (Phi) is 8.35. The summed E-state index contributed by atoms with van der Waals surface area (Å²) in [5.74, 6) is 0.831. The molecule has 0 bridgehead atoms. The molecule has 5 rings (SSSR count). The number of hydrogen-bond acceptors (Lipinski definition) is 3. The number of fused-ring (bicyclic) bond motifs is 1. The molecule has 4 unspecified atom stereocenters. The summed E-state index contributed by atoms with van der Waals surface area (Å²) in [7, 11) is 0. The Morgan fingerprint density at radius 1 is 0.767 bits per heavy atom. The molecular formula is C26H28IrNO2-. The van der Waals surface area contributed by atoms with Crippen molar-refractivity contribution in [3.8, 4) is 22.4 Å². The van der Waals surface area contributed by atoms with Gasteiger partial charge in [-0.3, -0.25) is 0 Å². The number of hydrogen-bond donors (Lipinski definition) is 2. The van der Waals surface area contributed by atoms with Crippen LogP contribution in [0.5, 0.6) is 0 Å². The Hall–Kier alpha value is -1.84. The first kappa shape index (κ1) is 22.8. The minimum Gasteiger partial charge on any atom is -0.393 e. The van der Waals surface area contributed by atoms with Gasteiger partial charge in [0.1, 0.15) is 0 Å². The summed E-state index contributed by atoms with van der Waals surface area (Å²) in [5, 5.41) is 19.1. The molecule has 0 aliphatic heterocycles. The monoisotopic (exact) mass is 579 g/mol. The molecule has 1 heterocycles. The molecule has 30 heavy (non-hydrogen) atoms. The Labute approximate surface area is 192 Å². The minimum atomic E-state index is -0.216. The number of pyridine rings is 1. The summed E-state index contributed by atoms with van der Waals surface area (Å²) >= 11 is 0. The first-order chi connectivity index (χ1) is 14.2. The van der Waals surface area contributed by atoms with Crippen LogP contribution in [0.4, 0.5) is 0 Å². The Morgan fingerprint density at radius 2 is 1.53 bits per heavy atom. The maximum absolute atomic E-state index is 9.59. The van der Waals surface area contributed by atoms with Gasteiger partial charge in [0.25, 0.3) is 0 Å². The molecule has 2 N–H and O–H groups in total. The zero-order valence-electron chi connectivity index (χ0n) is 16.9. The van der Waals surface area contributed by atoms with E-state index in [4.69, 9.17) is 0 Å². The van der Waals surface area contributed by atoms with Gasteiger partial charge in [-0.15, -0.1) is 35.9 Å². The van der Waals surface area contributed by atoms with Crippen molar-refractivity contribution < 1.29 is 30.3 Å². The fraction of sp³-hybridized carbons (Fsp3) is 0.346. The molecule has 2 aromatic carbocycles. The third-order valence-electron chi connectivity index (χ3n) is 6.20. The zero-order valence-corrected chi connectivity index (χ0v) is 19.3. The zero-order chi connectivity index (χ0) is 20.1. The summed E-state index contributed by atoms with van der Waals surface area (Å²) in [6, 6.07) is 25.5. The number of aromatic nitrogens is 1. The molecule has 0 spiro atoms. The largest absolute Gasteiger partial charge is 0.393 e. The fourth-order valence-corrected chi connectivity index (χ4v) is 4.68. The molecule has 0 amide bonds. The van der Waals surface area contributed by atoms with Gasteiger partial charge in [-0.05, 0) is 48.4 Å². The molecule has 159 valence electrons. The standard InChI is InChI=1S/C17H12N.C9H16O2.Ir/c1-3-7-14(8-4-1)16-11-12-17(18-13-16)15-9-5-2-6-10-15;10-7-3-1-2-6-4-5-8(11)9(6)7;/h1-9,11-13H;6-11H,1-5H2;/q-1;;. The maximum Gasteiger partial charge on any atom is 0.0595 e. The van der Waals surface area contributed by atoms with Crippen molar-refractivity contribution in [3.05, 3.63) is 79.0 Å². The van der Waals surface area contributed by atoms with Gasteiger partial charge in [0.05, 0.1) is 12.2 Å². The first-order valence-electron chi connectivity index (χ1n) is 10.6. The molecule has 3 nitrogen and oxygen atoms in total. The fourth-order valence-electron chi connectivity index (χ4n) is 4.68. The van der Waals surface area contributed by atoms with Crippen molar-refractivity contribution in [2.75, 3.05) is 0 Å². The van der Waals surface area contributed by atoms with Crippen LogP contribution in [-0.4, -0.2) is 27.4 Å². The van der Waals surface area contributed by atoms with E-state index in [1.54, 1.807) is 0 Å². The molecule has 3 aromatic rings. The van der Waals surface area contributed by atoms with Gasteiger partial charge in [0.15, 0.2) is 0 Å². The molecular weight excluding hydrogens is 551 g/mol. The molecule has 2 aliphatic rings. The van der Waals surface area contributed by atoms with E-state index >= 15 is 0 Å². The second-order valence-corrected chi connectivity index (χ2v) is 8.05. The van der Waals surface area contributed by atoms with E-state index < -0.39 is 0 Å². The molecule has 2 aliphatic carbocycles. The maximum atomic E-state index is 9.59. The van der Waals surface area contributed by atoms with Crippen LogP contribution < -0.4 is 0 Å². The van der Waals surface area contributed by atoms with Crippen molar-refractivity contribution >= 4 is 0 Å². The van der Waals surface area contributed by atoms with Gasteiger partial charge < -0.3 is 15.2 Å². The van der Waals surface area contributed by atoms with E-state index in [0.717, 1.165) is 42.5 Å². The number of rotatable bonds is 2. The van der Waals surface area contributed by atoms with Crippen LogP contribution in [0.2, 0.25) is 0 Å². The predicted molar refractivity (Wildman–Crippen MR) is 116 cm³/mol. The van der Waals surface area contributed by atoms with E-state index in [1.807, 2.05) is 54.7 Å². The molecule has 2 fully saturated rings. The van der Waals surface area contributed by atoms with E-state index in [0.29, 0.717) is 5.92 Å². The third-order valence-corrected chi connectivity index (χ3v) is 6.20. The topological polar surface area (TPSA) is 53.4 Å². The van der Waals surface area contributed by atoms with E-state index in [-0.39, 0.29) is 38.2 Å². The van der Waals surface area contributed by atoms with Crippen LogP contribution in [-0.2, 0) is 20.1 Å². The number of aliphatic hydroxyl groups excluding tert-OH is 2. The van der Waals surface area contributed by atoms with Gasteiger partial charge in [0.2, 0.25) is 0 Å². The summed E-state index contributed by atoms with van der Waals surface area (Å²) < 4.78 is 0. The van der Waals surface area contributed by atoms with Crippen LogP contribution in [0.3, 0.4) is 0 Å².